The molecule has 4 aliphatic heterocycles. The van der Waals surface area contributed by atoms with Crippen molar-refractivity contribution >= 4 is 47.5 Å². The van der Waals surface area contributed by atoms with E-state index in [0.29, 0.717) is 12.8 Å². The summed E-state index contributed by atoms with van der Waals surface area (Å²) < 4.78 is 44.5. The number of carbonyl (C=O) groups excluding carboxylic acids is 4. The van der Waals surface area contributed by atoms with E-state index in [2.05, 4.69) is 21.3 Å². The van der Waals surface area contributed by atoms with Gasteiger partial charge in [0.25, 0.3) is 23.1 Å². The molecule has 4 saturated heterocycles. The number of amides is 4. The van der Waals surface area contributed by atoms with Gasteiger partial charge in [-0.05, 0) is 6.42 Å². The molecule has 4 fully saturated rings. The zero-order valence-corrected chi connectivity index (χ0v) is 49.3. The summed E-state index contributed by atoms with van der Waals surface area (Å²) in [5.74, 6) is -24.0. The van der Waals surface area contributed by atoms with Crippen LogP contribution in [-0.4, -0.2) is 312 Å². The summed E-state index contributed by atoms with van der Waals surface area (Å²) in [4.78, 5) is 101. The number of carboxylic acid groups (broad SMARTS) is 4. The minimum absolute atomic E-state index is 0.212. The third-order valence-corrected chi connectivity index (χ3v) is 15.5. The number of hydrogen-bond donors (Lipinski definition) is 21. The Hall–Kier alpha value is -5.08. The van der Waals surface area contributed by atoms with Gasteiger partial charge in [-0.2, -0.15) is 0 Å². The lowest BCUT2D eigenvalue weighted by Crippen LogP contribution is -2.69. The second kappa shape index (κ2) is 33.0. The van der Waals surface area contributed by atoms with Gasteiger partial charge in [-0.25, -0.2) is 19.2 Å². The Morgan fingerprint density at radius 3 is 0.876 bits per heavy atom. The summed E-state index contributed by atoms with van der Waals surface area (Å²) >= 11 is 0. The molecule has 37 nitrogen and oxygen atoms in total. The monoisotopic (exact) mass is 1290 g/mol. The Bertz CT molecular complexity index is 2400. The maximum absolute atomic E-state index is 13.1. The molecule has 0 bridgehead atoms. The number of carbonyl (C=O) groups is 8. The smallest absolute Gasteiger partial charge is 0.364 e. The van der Waals surface area contributed by atoms with E-state index in [1.54, 1.807) is 0 Å². The first-order valence-corrected chi connectivity index (χ1v) is 28.5. The highest BCUT2D eigenvalue weighted by atomic mass is 16.8. The fraction of sp³-hybridized carbons (Fsp3) is 0.846. The van der Waals surface area contributed by atoms with Gasteiger partial charge in [0.2, 0.25) is 23.6 Å². The Morgan fingerprint density at radius 2 is 0.640 bits per heavy atom. The van der Waals surface area contributed by atoms with Crippen molar-refractivity contribution in [1.29, 1.82) is 0 Å². The lowest BCUT2D eigenvalue weighted by molar-refractivity contribution is -0.333. The second-order valence-electron chi connectivity index (χ2n) is 22.5. The van der Waals surface area contributed by atoms with Crippen molar-refractivity contribution in [1.82, 2.24) is 21.3 Å². The Balaban J connectivity index is 1.60. The molecule has 0 aliphatic carbocycles. The lowest BCUT2D eigenvalue weighted by Gasteiger charge is -2.48. The zero-order chi connectivity index (χ0) is 67.3. The molecule has 0 unspecified atom stereocenters. The van der Waals surface area contributed by atoms with E-state index in [4.69, 9.17) is 37.9 Å². The maximum atomic E-state index is 13.1. The highest BCUT2D eigenvalue weighted by Gasteiger charge is 2.61. The number of unbranched alkanes of at least 4 members (excludes halogenated alkanes) is 5. The molecular formula is C52H86N4O33. The quantitative estimate of drug-likeness (QED) is 0.0266. The Morgan fingerprint density at radius 1 is 0.404 bits per heavy atom. The van der Waals surface area contributed by atoms with Crippen molar-refractivity contribution in [3.05, 3.63) is 0 Å². The molecule has 4 amide bonds. The minimum Gasteiger partial charge on any atom is -0.477 e. The Labute approximate surface area is 507 Å². The van der Waals surface area contributed by atoms with Crippen LogP contribution in [0.5, 0.6) is 0 Å². The molecule has 24 atom stereocenters. The highest BCUT2D eigenvalue weighted by Crippen LogP contribution is 2.39. The molecule has 21 N–H and O–H groups in total. The molecule has 4 rings (SSSR count). The van der Waals surface area contributed by atoms with Crippen LogP contribution in [0.25, 0.3) is 0 Å². The molecule has 89 heavy (non-hydrogen) atoms. The fourth-order valence-electron chi connectivity index (χ4n) is 10.9. The third-order valence-electron chi connectivity index (χ3n) is 15.5. The Kier molecular flexibility index (Phi) is 28.3. The van der Waals surface area contributed by atoms with Gasteiger partial charge in [-0.1, -0.05) is 39.0 Å². The number of rotatable bonds is 34. The van der Waals surface area contributed by atoms with E-state index >= 15 is 0 Å². The van der Waals surface area contributed by atoms with Crippen LogP contribution in [0.15, 0.2) is 0 Å². The second-order valence-corrected chi connectivity index (χ2v) is 22.5. The van der Waals surface area contributed by atoms with Gasteiger partial charge >= 0.3 is 23.9 Å². The van der Waals surface area contributed by atoms with Gasteiger partial charge in [0.05, 0.1) is 81.6 Å². The van der Waals surface area contributed by atoms with Crippen molar-refractivity contribution in [2.75, 3.05) is 33.0 Å². The largest absolute Gasteiger partial charge is 0.477 e. The first-order valence-electron chi connectivity index (χ1n) is 28.5. The van der Waals surface area contributed by atoms with Crippen molar-refractivity contribution in [2.24, 2.45) is 0 Å². The van der Waals surface area contributed by atoms with E-state index in [0.717, 1.165) is 53.4 Å². The summed E-state index contributed by atoms with van der Waals surface area (Å²) in [6.07, 6.45) is -35.9. The van der Waals surface area contributed by atoms with Crippen LogP contribution in [-0.2, 0) is 76.3 Å². The molecule has 37 heteroatoms. The van der Waals surface area contributed by atoms with Gasteiger partial charge in [-0.15, -0.1) is 0 Å². The maximum Gasteiger partial charge on any atom is 0.364 e. The molecule has 0 aromatic carbocycles. The number of ether oxygens (including phenoxy) is 8. The van der Waals surface area contributed by atoms with Gasteiger partial charge in [0, 0.05) is 53.4 Å². The van der Waals surface area contributed by atoms with Crippen LogP contribution < -0.4 is 21.3 Å². The number of hydrogen-bond acceptors (Lipinski definition) is 29. The summed E-state index contributed by atoms with van der Waals surface area (Å²) in [5, 5.41) is 195. The molecule has 4 aliphatic rings. The van der Waals surface area contributed by atoms with E-state index in [1.807, 2.05) is 6.92 Å². The topological polar surface area (TPSA) is 602 Å². The summed E-state index contributed by atoms with van der Waals surface area (Å²) in [6.45, 7) is 0.213. The van der Waals surface area contributed by atoms with Gasteiger partial charge < -0.3 is 146 Å². The molecule has 4 heterocycles. The first-order chi connectivity index (χ1) is 41.5. The van der Waals surface area contributed by atoms with Crippen LogP contribution >= 0.6 is 0 Å². The van der Waals surface area contributed by atoms with E-state index in [-0.39, 0.29) is 6.61 Å². The van der Waals surface area contributed by atoms with Crippen LogP contribution in [0.3, 0.4) is 0 Å². The zero-order valence-electron chi connectivity index (χ0n) is 49.3. The molecule has 0 spiro atoms. The highest BCUT2D eigenvalue weighted by molar-refractivity contribution is 5.79. The molecular weight excluding hydrogens is 1210 g/mol. The predicted octanol–water partition coefficient (Wildman–Crippen LogP) is -8.97. The molecule has 0 aromatic rings. The van der Waals surface area contributed by atoms with Gasteiger partial charge in [0.1, 0.15) is 73.2 Å². The van der Waals surface area contributed by atoms with Gasteiger partial charge in [0.15, 0.2) is 0 Å². The van der Waals surface area contributed by atoms with Gasteiger partial charge in [-0.3, -0.25) is 19.2 Å². The standard InChI is InChI=1S/C52H86N4O33/c1-6-7-8-9-10-11-12-82-49(45(74)75)13-25(62)34(54-22(3)59)42(86-49)38(71)30(67)18-84-51(47(78)79)15-27(64)36(56-24(5)61)44(88-51)40(73)32(69)20-85-52(48(80)81)16-28(65)35(55-23(4)60)43(89-52)39(72)31(68)19-83-50(46(76)77)14-26(63)33(53-21(2)58)41(87-50)37(70)29(66)17-57/h25-44,57,62-73H,6-20H2,1-5H3,(H,53,58)(H,54,59)(H,55,60)(H,56,61)(H,74,75)(H,76,77)(H,78,79)(H,80,81)/t25-,26-,27-,28-,29+,30+,31+,32+,33+,34+,35+,36+,37+,38+,39+,40+,41+,42+,43+,44+,49+,50+,51+,52+/m0/s1. The van der Waals surface area contributed by atoms with Crippen molar-refractivity contribution in [3.8, 4) is 0 Å². The lowest BCUT2D eigenvalue weighted by atomic mass is 9.87. The van der Waals surface area contributed by atoms with E-state index in [1.165, 1.54) is 0 Å². The first kappa shape index (κ1) is 76.4. The average Bonchev–Trinajstić information content (AvgIpc) is 2.91. The average molecular weight is 1300 g/mol. The number of aliphatic hydroxyl groups is 13. The number of nitrogens with one attached hydrogen (secondary N) is 4. The summed E-state index contributed by atoms with van der Waals surface area (Å²) in [7, 11) is 0. The molecule has 0 radical (unpaired) electrons. The van der Waals surface area contributed by atoms with Crippen LogP contribution in [0.1, 0.15) is 98.8 Å². The predicted molar refractivity (Wildman–Crippen MR) is 286 cm³/mol. The van der Waals surface area contributed by atoms with Crippen molar-refractivity contribution < 1.29 is 163 Å². The molecule has 0 aromatic heterocycles. The van der Waals surface area contributed by atoms with E-state index < -0.39 is 245 Å². The van der Waals surface area contributed by atoms with E-state index in [9.17, 15) is 125 Å². The van der Waals surface area contributed by atoms with Crippen LogP contribution in [0.2, 0.25) is 0 Å². The normalized spacial score (nSPS) is 35.1. The fourth-order valence-corrected chi connectivity index (χ4v) is 10.9. The molecule has 0 saturated carbocycles. The van der Waals surface area contributed by atoms with Crippen molar-refractivity contribution in [2.45, 2.75) is 244 Å². The SMILES string of the molecule is CCCCCCCCO[C@]1(C(=O)O)C[C@H](O)[C@@H](NC(C)=O)[C@H]([C@H](O)[C@H](O)CO[C@]2(C(=O)O)C[C@H](O)[C@@H](NC(C)=O)[C@H]([C@H](O)[C@H](O)CO[C@]3(C(=O)O)C[C@H](O)[C@@H](NC(C)=O)[C@H]([C@H](O)[C@H](O)CO[C@]4(C(=O)O)C[C@H](O)[C@@H](NC(C)=O)[C@H]([C@H](O)[C@H](O)CO)O4)O3)O2)O1. The third kappa shape index (κ3) is 19.0. The van der Waals surface area contributed by atoms with Crippen LogP contribution in [0.4, 0.5) is 0 Å². The minimum atomic E-state index is -3.30. The number of aliphatic carboxylic acids is 4. The summed E-state index contributed by atoms with van der Waals surface area (Å²) in [6, 6.07) is -7.10. The van der Waals surface area contributed by atoms with Crippen molar-refractivity contribution in [3.63, 3.8) is 0 Å². The summed E-state index contributed by atoms with van der Waals surface area (Å²) in [5.41, 5.74) is 0. The van der Waals surface area contributed by atoms with Crippen LogP contribution in [0, 0.1) is 0 Å². The number of carboxylic acids is 4. The number of aliphatic hydroxyl groups excluding tert-OH is 13. The molecule has 512 valence electrons.